The lowest BCUT2D eigenvalue weighted by Crippen LogP contribution is -2.38. The number of pyridine rings is 1. The number of nitrogens with zero attached hydrogens (tertiary/aromatic N) is 3. The molecule has 5 rings (SSSR count). The molecular weight excluding hydrogens is 502 g/mol. The number of carbonyl (C=O) groups excluding carboxylic acids is 2. The van der Waals surface area contributed by atoms with Crippen LogP contribution in [-0.4, -0.2) is 73.0 Å². The van der Waals surface area contributed by atoms with Gasteiger partial charge in [0.1, 0.15) is 11.6 Å². The van der Waals surface area contributed by atoms with Gasteiger partial charge in [0.15, 0.2) is 0 Å². The molecule has 3 heterocycles. The number of carbonyl (C=O) groups is 2. The number of ether oxygens (including phenoxy) is 1. The van der Waals surface area contributed by atoms with Crippen molar-refractivity contribution in [2.45, 2.75) is 44.6 Å². The number of likely N-dealkylation sites (tertiary alicyclic amines) is 2. The molecular formula is C32H39N5O3. The van der Waals surface area contributed by atoms with Crippen molar-refractivity contribution in [3.8, 4) is 5.75 Å². The van der Waals surface area contributed by atoms with E-state index >= 15 is 0 Å². The Labute approximate surface area is 236 Å². The SMILES string of the molecule is COc1ccc(C2CCN(C(=O)c3ccc(C)c(NC(=O)c4ccc(NC5CCN(C)CC5)nc4)c3)CC2)cc1. The van der Waals surface area contributed by atoms with Crippen LogP contribution in [0.1, 0.15) is 63.4 Å². The quantitative estimate of drug-likeness (QED) is 0.429. The summed E-state index contributed by atoms with van der Waals surface area (Å²) < 4.78 is 5.27. The van der Waals surface area contributed by atoms with Gasteiger partial charge >= 0.3 is 0 Å². The summed E-state index contributed by atoms with van der Waals surface area (Å²) in [5, 5.41) is 6.46. The minimum Gasteiger partial charge on any atom is -0.497 e. The van der Waals surface area contributed by atoms with Crippen molar-refractivity contribution in [2.24, 2.45) is 0 Å². The van der Waals surface area contributed by atoms with Crippen LogP contribution in [0, 0.1) is 6.92 Å². The minimum atomic E-state index is -0.244. The van der Waals surface area contributed by atoms with Crippen LogP contribution in [0.25, 0.3) is 0 Å². The van der Waals surface area contributed by atoms with Gasteiger partial charge in [0, 0.05) is 36.6 Å². The van der Waals surface area contributed by atoms with E-state index in [1.165, 1.54) is 5.56 Å². The zero-order valence-corrected chi connectivity index (χ0v) is 23.7. The van der Waals surface area contributed by atoms with Crippen molar-refractivity contribution in [2.75, 3.05) is 51.0 Å². The molecule has 2 aliphatic rings. The molecule has 2 aliphatic heterocycles. The number of rotatable bonds is 7. The third kappa shape index (κ3) is 6.62. The number of aryl methyl sites for hydroxylation is 1. The molecule has 2 aromatic carbocycles. The number of piperidine rings is 2. The molecule has 2 fully saturated rings. The summed E-state index contributed by atoms with van der Waals surface area (Å²) in [6.07, 6.45) is 5.60. The first-order valence-electron chi connectivity index (χ1n) is 14.2. The zero-order valence-electron chi connectivity index (χ0n) is 23.7. The first-order chi connectivity index (χ1) is 19.4. The average molecular weight is 542 g/mol. The predicted molar refractivity (Wildman–Crippen MR) is 158 cm³/mol. The van der Waals surface area contributed by atoms with E-state index in [0.717, 1.165) is 55.9 Å². The molecule has 3 aromatic rings. The fraction of sp³-hybridized carbons (Fsp3) is 0.406. The van der Waals surface area contributed by atoms with Crippen molar-refractivity contribution < 1.29 is 14.3 Å². The highest BCUT2D eigenvalue weighted by Crippen LogP contribution is 2.30. The summed E-state index contributed by atoms with van der Waals surface area (Å²) in [4.78, 5) is 35.1. The third-order valence-corrected chi connectivity index (χ3v) is 8.20. The van der Waals surface area contributed by atoms with Gasteiger partial charge in [-0.2, -0.15) is 0 Å². The fourth-order valence-corrected chi connectivity index (χ4v) is 5.53. The van der Waals surface area contributed by atoms with Crippen molar-refractivity contribution in [3.63, 3.8) is 0 Å². The molecule has 40 heavy (non-hydrogen) atoms. The Morgan fingerprint density at radius 2 is 1.60 bits per heavy atom. The van der Waals surface area contributed by atoms with Crippen molar-refractivity contribution >= 4 is 23.3 Å². The summed E-state index contributed by atoms with van der Waals surface area (Å²) in [5.41, 5.74) is 3.88. The van der Waals surface area contributed by atoms with E-state index in [4.69, 9.17) is 4.74 Å². The molecule has 1 aromatic heterocycles. The molecule has 0 aliphatic carbocycles. The van der Waals surface area contributed by atoms with Crippen LogP contribution < -0.4 is 15.4 Å². The molecule has 8 nitrogen and oxygen atoms in total. The number of benzene rings is 2. The molecule has 210 valence electrons. The van der Waals surface area contributed by atoms with Gasteiger partial charge < -0.3 is 25.2 Å². The minimum absolute atomic E-state index is 0.00493. The van der Waals surface area contributed by atoms with Crippen LogP contribution in [0.2, 0.25) is 0 Å². The number of amides is 2. The van der Waals surface area contributed by atoms with Gasteiger partial charge in [0.25, 0.3) is 11.8 Å². The Morgan fingerprint density at radius 3 is 2.25 bits per heavy atom. The second-order valence-electron chi connectivity index (χ2n) is 11.0. The van der Waals surface area contributed by atoms with E-state index in [2.05, 4.69) is 39.7 Å². The van der Waals surface area contributed by atoms with Crippen molar-refractivity contribution in [1.82, 2.24) is 14.8 Å². The van der Waals surface area contributed by atoms with Gasteiger partial charge in [-0.15, -0.1) is 0 Å². The molecule has 0 saturated carbocycles. The molecule has 2 amide bonds. The van der Waals surface area contributed by atoms with E-state index in [0.29, 0.717) is 41.9 Å². The standard InChI is InChI=1S/C32H39N5O3/c1-22-4-5-25(32(39)37-18-12-24(13-19-37)23-6-9-28(40-3)10-7-23)20-29(22)35-31(38)26-8-11-30(33-21-26)34-27-14-16-36(2)17-15-27/h4-11,20-21,24,27H,12-19H2,1-3H3,(H,33,34)(H,35,38). The second kappa shape index (κ2) is 12.5. The first-order valence-corrected chi connectivity index (χ1v) is 14.2. The number of hydrogen-bond donors (Lipinski definition) is 2. The van der Waals surface area contributed by atoms with Crippen molar-refractivity contribution in [3.05, 3.63) is 83.0 Å². The smallest absolute Gasteiger partial charge is 0.257 e. The number of aromatic nitrogens is 1. The Hall–Kier alpha value is -3.91. The Balaban J connectivity index is 1.17. The van der Waals surface area contributed by atoms with Gasteiger partial charge in [-0.3, -0.25) is 9.59 Å². The highest BCUT2D eigenvalue weighted by atomic mass is 16.5. The van der Waals surface area contributed by atoms with Gasteiger partial charge in [-0.25, -0.2) is 4.98 Å². The lowest BCUT2D eigenvalue weighted by atomic mass is 9.89. The van der Waals surface area contributed by atoms with E-state index in [1.807, 2.05) is 42.2 Å². The van der Waals surface area contributed by atoms with E-state index in [9.17, 15) is 9.59 Å². The van der Waals surface area contributed by atoms with Crippen LogP contribution >= 0.6 is 0 Å². The summed E-state index contributed by atoms with van der Waals surface area (Å²) >= 11 is 0. The summed E-state index contributed by atoms with van der Waals surface area (Å²) in [6, 6.07) is 17.8. The zero-order chi connectivity index (χ0) is 28.1. The molecule has 0 atom stereocenters. The lowest BCUT2D eigenvalue weighted by molar-refractivity contribution is 0.0712. The van der Waals surface area contributed by atoms with Gasteiger partial charge in [0.2, 0.25) is 0 Å². The fourth-order valence-electron chi connectivity index (χ4n) is 5.53. The predicted octanol–water partition coefficient (Wildman–Crippen LogP) is 5.18. The topological polar surface area (TPSA) is 86.8 Å². The van der Waals surface area contributed by atoms with E-state index in [-0.39, 0.29) is 11.8 Å². The highest BCUT2D eigenvalue weighted by molar-refractivity contribution is 6.05. The van der Waals surface area contributed by atoms with Crippen LogP contribution in [0.15, 0.2) is 60.8 Å². The summed E-state index contributed by atoms with van der Waals surface area (Å²) in [7, 11) is 3.81. The van der Waals surface area contributed by atoms with E-state index in [1.54, 1.807) is 25.4 Å². The first kappa shape index (κ1) is 27.6. The van der Waals surface area contributed by atoms with Gasteiger partial charge in [-0.1, -0.05) is 18.2 Å². The van der Waals surface area contributed by atoms with Crippen LogP contribution in [0.5, 0.6) is 5.75 Å². The molecule has 0 bridgehead atoms. The Bertz CT molecular complexity index is 1310. The molecule has 2 N–H and O–H groups in total. The van der Waals surface area contributed by atoms with E-state index < -0.39 is 0 Å². The maximum atomic E-state index is 13.3. The summed E-state index contributed by atoms with van der Waals surface area (Å²) in [6.45, 7) is 5.47. The largest absolute Gasteiger partial charge is 0.497 e. The monoisotopic (exact) mass is 541 g/mol. The molecule has 2 saturated heterocycles. The number of anilines is 2. The highest BCUT2D eigenvalue weighted by Gasteiger charge is 2.25. The van der Waals surface area contributed by atoms with Gasteiger partial charge in [0.05, 0.1) is 12.7 Å². The van der Waals surface area contributed by atoms with Crippen LogP contribution in [0.4, 0.5) is 11.5 Å². The number of nitrogens with one attached hydrogen (secondary N) is 2. The Kier molecular flexibility index (Phi) is 8.65. The maximum Gasteiger partial charge on any atom is 0.257 e. The average Bonchev–Trinajstić information content (AvgIpc) is 2.99. The number of methoxy groups -OCH3 is 1. The summed E-state index contributed by atoms with van der Waals surface area (Å²) in [5.74, 6) is 1.82. The van der Waals surface area contributed by atoms with Crippen molar-refractivity contribution in [1.29, 1.82) is 0 Å². The third-order valence-electron chi connectivity index (χ3n) is 8.20. The maximum absolute atomic E-state index is 13.3. The second-order valence-corrected chi connectivity index (χ2v) is 11.0. The number of hydrogen-bond acceptors (Lipinski definition) is 6. The molecule has 0 radical (unpaired) electrons. The Morgan fingerprint density at radius 1 is 0.900 bits per heavy atom. The van der Waals surface area contributed by atoms with Gasteiger partial charge in [-0.05, 0) is 106 Å². The molecule has 8 heteroatoms. The molecule has 0 unspecified atom stereocenters. The normalized spacial score (nSPS) is 16.9. The van der Waals surface area contributed by atoms with Crippen LogP contribution in [-0.2, 0) is 0 Å². The molecule has 0 spiro atoms. The van der Waals surface area contributed by atoms with Crippen LogP contribution in [0.3, 0.4) is 0 Å². The lowest BCUT2D eigenvalue weighted by Gasteiger charge is -2.32.